The third-order valence-electron chi connectivity index (χ3n) is 1.38. The van der Waals surface area contributed by atoms with Gasteiger partial charge < -0.3 is 24.0 Å². The summed E-state index contributed by atoms with van der Waals surface area (Å²) in [5, 5.41) is 3.34. The molecule has 0 aliphatic carbocycles. The van der Waals surface area contributed by atoms with Crippen LogP contribution in [0.1, 0.15) is 10.7 Å². The van der Waals surface area contributed by atoms with E-state index in [0.717, 1.165) is 0 Å². The molecule has 1 heterocycles. The zero-order chi connectivity index (χ0) is 6.85. The summed E-state index contributed by atoms with van der Waals surface area (Å²) in [5.74, 6) is 0. The normalized spacial score (nSPS) is 8.60. The van der Waals surface area contributed by atoms with E-state index in [9.17, 15) is 0 Å². The van der Waals surface area contributed by atoms with Gasteiger partial charge in [-0.05, 0) is 0 Å². The van der Waals surface area contributed by atoms with Crippen molar-refractivity contribution in [2.24, 2.45) is 7.05 Å². The zero-order valence-corrected chi connectivity index (χ0v) is 9.07. The van der Waals surface area contributed by atoms with Crippen LogP contribution < -0.4 is 28.5 Å². The van der Waals surface area contributed by atoms with Crippen LogP contribution in [0.2, 0.25) is 0 Å². The van der Waals surface area contributed by atoms with E-state index in [1.165, 1.54) is 10.7 Å². The van der Waals surface area contributed by atoms with Crippen molar-refractivity contribution in [2.75, 3.05) is 0 Å². The molecule has 0 saturated heterocycles. The van der Waals surface area contributed by atoms with E-state index in [2.05, 4.69) is 23.4 Å². The van der Waals surface area contributed by atoms with Crippen LogP contribution in [0.25, 0.3) is 6.08 Å². The average molecular weight is 267 g/mol. The van der Waals surface area contributed by atoms with Gasteiger partial charge >= 0.3 is 0 Å². The lowest BCUT2D eigenvalue weighted by atomic mass is 10.5. The summed E-state index contributed by atoms with van der Waals surface area (Å²) in [5.41, 5.74) is 1.29. The average Bonchev–Trinajstić information content (AvgIpc) is 2.15. The van der Waals surface area contributed by atoms with Crippen LogP contribution in [0.3, 0.4) is 0 Å². The SMILES string of the molecule is C=Cc1scc(C)[n+]1C.[I-]. The summed E-state index contributed by atoms with van der Waals surface area (Å²) in [6.07, 6.45) is 1.87. The Kier molecular flexibility index (Phi) is 4.12. The molecule has 0 aromatic carbocycles. The van der Waals surface area contributed by atoms with Crippen molar-refractivity contribution in [3.05, 3.63) is 22.7 Å². The Hall–Kier alpha value is 0.1000. The molecule has 0 atom stereocenters. The van der Waals surface area contributed by atoms with Gasteiger partial charge in [-0.1, -0.05) is 17.9 Å². The van der Waals surface area contributed by atoms with Crippen molar-refractivity contribution in [3.63, 3.8) is 0 Å². The molecule has 0 N–H and O–H groups in total. The van der Waals surface area contributed by atoms with Gasteiger partial charge in [0.1, 0.15) is 7.05 Å². The van der Waals surface area contributed by atoms with Crippen molar-refractivity contribution >= 4 is 17.4 Å². The van der Waals surface area contributed by atoms with E-state index in [4.69, 9.17) is 0 Å². The number of thiazole rings is 1. The highest BCUT2D eigenvalue weighted by Crippen LogP contribution is 2.05. The Labute approximate surface area is 82.4 Å². The van der Waals surface area contributed by atoms with E-state index in [-0.39, 0.29) is 24.0 Å². The Balaban J connectivity index is 0.000000810. The van der Waals surface area contributed by atoms with E-state index in [1.54, 1.807) is 11.3 Å². The molecule has 56 valence electrons. The Morgan fingerprint density at radius 2 is 2.30 bits per heavy atom. The largest absolute Gasteiger partial charge is 1.00 e. The van der Waals surface area contributed by atoms with Gasteiger partial charge in [0.15, 0.2) is 5.69 Å². The summed E-state index contributed by atoms with van der Waals surface area (Å²) in [6.45, 7) is 5.78. The lowest BCUT2D eigenvalue weighted by Crippen LogP contribution is -3.00. The van der Waals surface area contributed by atoms with Crippen molar-refractivity contribution in [1.29, 1.82) is 0 Å². The van der Waals surface area contributed by atoms with Crippen molar-refractivity contribution in [1.82, 2.24) is 0 Å². The highest BCUT2D eigenvalue weighted by Gasteiger charge is 2.06. The minimum Gasteiger partial charge on any atom is -1.00 e. The summed E-state index contributed by atoms with van der Waals surface area (Å²) < 4.78 is 2.12. The minimum absolute atomic E-state index is 0. The predicted molar refractivity (Wildman–Crippen MR) is 40.3 cm³/mol. The van der Waals surface area contributed by atoms with Gasteiger partial charge in [-0.3, -0.25) is 0 Å². The number of halogens is 1. The number of rotatable bonds is 1. The molecule has 0 aliphatic rings. The maximum absolute atomic E-state index is 3.69. The molecule has 0 amide bonds. The molecular formula is C7H10INS. The van der Waals surface area contributed by atoms with Crippen LogP contribution in [0.4, 0.5) is 0 Å². The molecule has 0 fully saturated rings. The fourth-order valence-electron chi connectivity index (χ4n) is 0.663. The second kappa shape index (κ2) is 4.08. The minimum atomic E-state index is 0. The Morgan fingerprint density at radius 1 is 1.70 bits per heavy atom. The molecule has 0 aliphatic heterocycles. The lowest BCUT2D eigenvalue weighted by Gasteiger charge is -1.82. The monoisotopic (exact) mass is 267 g/mol. The van der Waals surface area contributed by atoms with E-state index < -0.39 is 0 Å². The fourth-order valence-corrected chi connectivity index (χ4v) is 1.51. The lowest BCUT2D eigenvalue weighted by molar-refractivity contribution is -0.674. The Bertz CT molecular complexity index is 230. The summed E-state index contributed by atoms with van der Waals surface area (Å²) in [6, 6.07) is 0. The third-order valence-corrected chi connectivity index (χ3v) is 2.53. The van der Waals surface area contributed by atoms with Gasteiger partial charge in [0.05, 0.1) is 5.38 Å². The predicted octanol–water partition coefficient (Wildman–Crippen LogP) is -1.47. The van der Waals surface area contributed by atoms with Crippen LogP contribution in [0.5, 0.6) is 0 Å². The van der Waals surface area contributed by atoms with Gasteiger partial charge in [-0.25, -0.2) is 0 Å². The number of hydrogen-bond acceptors (Lipinski definition) is 1. The molecule has 0 unspecified atom stereocenters. The Morgan fingerprint density at radius 3 is 2.50 bits per heavy atom. The summed E-state index contributed by atoms with van der Waals surface area (Å²) in [7, 11) is 2.04. The van der Waals surface area contributed by atoms with Crippen molar-refractivity contribution in [3.8, 4) is 0 Å². The van der Waals surface area contributed by atoms with Gasteiger partial charge in [-0.2, -0.15) is 4.57 Å². The van der Waals surface area contributed by atoms with Crippen LogP contribution in [0.15, 0.2) is 12.0 Å². The molecule has 1 rings (SSSR count). The number of hydrogen-bond donors (Lipinski definition) is 0. The zero-order valence-electron chi connectivity index (χ0n) is 6.10. The first kappa shape index (κ1) is 10.1. The molecule has 1 aromatic rings. The first-order chi connectivity index (χ1) is 4.25. The molecule has 0 spiro atoms. The van der Waals surface area contributed by atoms with Crippen LogP contribution in [0, 0.1) is 6.92 Å². The molecule has 0 saturated carbocycles. The molecular weight excluding hydrogens is 257 g/mol. The number of nitrogens with zero attached hydrogens (tertiary/aromatic N) is 1. The van der Waals surface area contributed by atoms with Crippen molar-refractivity contribution in [2.45, 2.75) is 6.92 Å². The second-order valence-corrected chi connectivity index (χ2v) is 2.87. The summed E-state index contributed by atoms with van der Waals surface area (Å²) >= 11 is 1.72. The molecule has 1 nitrogen and oxygen atoms in total. The first-order valence-corrected chi connectivity index (χ1v) is 3.70. The third kappa shape index (κ3) is 1.79. The van der Waals surface area contributed by atoms with Gasteiger partial charge in [0, 0.05) is 13.0 Å². The molecule has 0 radical (unpaired) electrons. The maximum Gasteiger partial charge on any atom is 0.261 e. The van der Waals surface area contributed by atoms with Gasteiger partial charge in [-0.15, -0.1) is 0 Å². The van der Waals surface area contributed by atoms with E-state index in [1.807, 2.05) is 13.1 Å². The first-order valence-electron chi connectivity index (χ1n) is 2.82. The van der Waals surface area contributed by atoms with Crippen LogP contribution in [-0.2, 0) is 7.05 Å². The van der Waals surface area contributed by atoms with Crippen molar-refractivity contribution < 1.29 is 28.5 Å². The molecule has 1 aromatic heterocycles. The second-order valence-electron chi connectivity index (χ2n) is 1.98. The van der Waals surface area contributed by atoms with Crippen LogP contribution in [-0.4, -0.2) is 0 Å². The summed E-state index contributed by atoms with van der Waals surface area (Å²) in [4.78, 5) is 0. The molecule has 0 bridgehead atoms. The highest BCUT2D eigenvalue weighted by atomic mass is 127. The topological polar surface area (TPSA) is 3.88 Å². The number of aromatic nitrogens is 1. The maximum atomic E-state index is 3.69. The van der Waals surface area contributed by atoms with E-state index >= 15 is 0 Å². The standard InChI is InChI=1S/C7H10NS.HI/c1-4-7-8(3)6(2)5-9-7;/h4-5H,1H2,2-3H3;1H/q+1;/p-1. The van der Waals surface area contributed by atoms with Crippen LogP contribution >= 0.6 is 11.3 Å². The number of aryl methyl sites for hydroxylation is 1. The molecule has 3 heteroatoms. The van der Waals surface area contributed by atoms with E-state index in [0.29, 0.717) is 0 Å². The fraction of sp³-hybridized carbons (Fsp3) is 0.286. The van der Waals surface area contributed by atoms with Gasteiger partial charge in [0.2, 0.25) is 0 Å². The van der Waals surface area contributed by atoms with Gasteiger partial charge in [0.25, 0.3) is 5.01 Å². The smallest absolute Gasteiger partial charge is 0.261 e. The highest BCUT2D eigenvalue weighted by molar-refractivity contribution is 7.10. The quantitative estimate of drug-likeness (QED) is 0.432. The molecule has 10 heavy (non-hydrogen) atoms.